The average molecular weight is 310 g/mol. The minimum atomic E-state index is 0.687. The fourth-order valence-electron chi connectivity index (χ4n) is 3.02. The van der Waals surface area contributed by atoms with Gasteiger partial charge in [0, 0.05) is 5.02 Å². The van der Waals surface area contributed by atoms with Gasteiger partial charge in [-0.15, -0.1) is 0 Å². The van der Waals surface area contributed by atoms with Gasteiger partial charge in [0.1, 0.15) is 0 Å². The molecule has 0 spiro atoms. The van der Waals surface area contributed by atoms with Crippen LogP contribution < -0.4 is 5.32 Å². The standard InChI is InChI=1S/C19H32ClN/c1-4-7-10-16(5-2)13-17(15-21-6-3)14-18-11-8-9-12-19(18)20/h8-9,11-12,16-17,21H,4-7,10,13-15H2,1-3H3. The molecule has 0 amide bonds. The van der Waals surface area contributed by atoms with Gasteiger partial charge in [-0.25, -0.2) is 0 Å². The number of unbranched alkanes of at least 4 members (excludes halogenated alkanes) is 1. The predicted molar refractivity (Wildman–Crippen MR) is 95.1 cm³/mol. The molecule has 0 aliphatic heterocycles. The van der Waals surface area contributed by atoms with Gasteiger partial charge < -0.3 is 5.32 Å². The predicted octanol–water partition coefficient (Wildman–Crippen LogP) is 5.71. The van der Waals surface area contributed by atoms with E-state index in [4.69, 9.17) is 11.6 Å². The lowest BCUT2D eigenvalue weighted by Crippen LogP contribution is -2.26. The van der Waals surface area contributed by atoms with Crippen molar-refractivity contribution >= 4 is 11.6 Å². The summed E-state index contributed by atoms with van der Waals surface area (Å²) in [6.07, 6.45) is 7.74. The molecule has 1 nitrogen and oxygen atoms in total. The first-order valence-electron chi connectivity index (χ1n) is 8.65. The van der Waals surface area contributed by atoms with Gasteiger partial charge in [-0.05, 0) is 49.4 Å². The van der Waals surface area contributed by atoms with Crippen LogP contribution in [0.15, 0.2) is 24.3 Å². The number of rotatable bonds is 11. The summed E-state index contributed by atoms with van der Waals surface area (Å²) in [5, 5.41) is 4.45. The van der Waals surface area contributed by atoms with Crippen LogP contribution in [0.25, 0.3) is 0 Å². The van der Waals surface area contributed by atoms with E-state index in [0.717, 1.165) is 30.5 Å². The van der Waals surface area contributed by atoms with Gasteiger partial charge in [0.05, 0.1) is 0 Å². The maximum atomic E-state index is 6.34. The topological polar surface area (TPSA) is 12.0 Å². The highest BCUT2D eigenvalue weighted by Gasteiger charge is 2.16. The molecule has 1 aromatic carbocycles. The molecule has 0 bridgehead atoms. The Labute approximate surface area is 136 Å². The Hall–Kier alpha value is -0.530. The van der Waals surface area contributed by atoms with E-state index in [0.29, 0.717) is 5.92 Å². The molecule has 1 aromatic rings. The van der Waals surface area contributed by atoms with E-state index in [1.165, 1.54) is 37.7 Å². The van der Waals surface area contributed by atoms with E-state index < -0.39 is 0 Å². The molecule has 0 saturated carbocycles. The molecule has 120 valence electrons. The van der Waals surface area contributed by atoms with Crippen LogP contribution in [-0.2, 0) is 6.42 Å². The first kappa shape index (κ1) is 18.5. The zero-order valence-electron chi connectivity index (χ0n) is 14.0. The normalized spacial score (nSPS) is 14.1. The third-order valence-electron chi connectivity index (χ3n) is 4.36. The van der Waals surface area contributed by atoms with Crippen LogP contribution in [-0.4, -0.2) is 13.1 Å². The Morgan fingerprint density at radius 1 is 1.10 bits per heavy atom. The third-order valence-corrected chi connectivity index (χ3v) is 4.73. The van der Waals surface area contributed by atoms with Crippen LogP contribution >= 0.6 is 11.6 Å². The Kier molecular flexibility index (Phi) is 9.78. The summed E-state index contributed by atoms with van der Waals surface area (Å²) in [4.78, 5) is 0. The number of hydrogen-bond donors (Lipinski definition) is 1. The molecular formula is C19H32ClN. The SMILES string of the molecule is CCCCC(CC)CC(CNCC)Cc1ccccc1Cl. The molecule has 0 radical (unpaired) electrons. The van der Waals surface area contributed by atoms with Gasteiger partial charge >= 0.3 is 0 Å². The molecular weight excluding hydrogens is 278 g/mol. The summed E-state index contributed by atoms with van der Waals surface area (Å²) < 4.78 is 0. The Balaban J connectivity index is 2.63. The van der Waals surface area contributed by atoms with E-state index in [-0.39, 0.29) is 0 Å². The lowest BCUT2D eigenvalue weighted by atomic mass is 9.85. The van der Waals surface area contributed by atoms with Crippen molar-refractivity contribution in [3.8, 4) is 0 Å². The molecule has 0 aliphatic rings. The fraction of sp³-hybridized carbons (Fsp3) is 0.684. The molecule has 0 aliphatic carbocycles. The molecule has 0 saturated heterocycles. The summed E-state index contributed by atoms with van der Waals surface area (Å²) in [7, 11) is 0. The van der Waals surface area contributed by atoms with Crippen LogP contribution in [0.5, 0.6) is 0 Å². The monoisotopic (exact) mass is 309 g/mol. The maximum Gasteiger partial charge on any atom is 0.0438 e. The summed E-state index contributed by atoms with van der Waals surface area (Å²) in [5.74, 6) is 1.54. The van der Waals surface area contributed by atoms with Crippen LogP contribution in [0.1, 0.15) is 58.4 Å². The zero-order valence-corrected chi connectivity index (χ0v) is 14.8. The number of benzene rings is 1. The Morgan fingerprint density at radius 3 is 2.48 bits per heavy atom. The van der Waals surface area contributed by atoms with Gasteiger partial charge in [-0.2, -0.15) is 0 Å². The van der Waals surface area contributed by atoms with Crippen molar-refractivity contribution in [2.75, 3.05) is 13.1 Å². The largest absolute Gasteiger partial charge is 0.317 e. The second kappa shape index (κ2) is 11.1. The summed E-state index contributed by atoms with van der Waals surface area (Å²) in [5.41, 5.74) is 1.30. The van der Waals surface area contributed by atoms with Gasteiger partial charge in [0.2, 0.25) is 0 Å². The van der Waals surface area contributed by atoms with Crippen molar-refractivity contribution in [2.24, 2.45) is 11.8 Å². The lowest BCUT2D eigenvalue weighted by molar-refractivity contribution is 0.326. The number of nitrogens with one attached hydrogen (secondary N) is 1. The minimum absolute atomic E-state index is 0.687. The fourth-order valence-corrected chi connectivity index (χ4v) is 3.23. The molecule has 0 fully saturated rings. The first-order valence-corrected chi connectivity index (χ1v) is 9.03. The summed E-state index contributed by atoms with van der Waals surface area (Å²) in [6, 6.07) is 8.30. The highest BCUT2D eigenvalue weighted by atomic mass is 35.5. The molecule has 21 heavy (non-hydrogen) atoms. The van der Waals surface area contributed by atoms with Crippen molar-refractivity contribution in [3.63, 3.8) is 0 Å². The summed E-state index contributed by atoms with van der Waals surface area (Å²) in [6.45, 7) is 8.95. The van der Waals surface area contributed by atoms with Crippen LogP contribution in [0, 0.1) is 11.8 Å². The summed E-state index contributed by atoms with van der Waals surface area (Å²) >= 11 is 6.34. The van der Waals surface area contributed by atoms with E-state index >= 15 is 0 Å². The average Bonchev–Trinajstić information content (AvgIpc) is 2.50. The Morgan fingerprint density at radius 2 is 1.86 bits per heavy atom. The van der Waals surface area contributed by atoms with E-state index in [1.807, 2.05) is 12.1 Å². The molecule has 0 aromatic heterocycles. The third kappa shape index (κ3) is 7.33. The van der Waals surface area contributed by atoms with Crippen LogP contribution in [0.4, 0.5) is 0 Å². The number of halogens is 1. The molecule has 2 heteroatoms. The highest BCUT2D eigenvalue weighted by molar-refractivity contribution is 6.31. The van der Waals surface area contributed by atoms with E-state index in [9.17, 15) is 0 Å². The van der Waals surface area contributed by atoms with Crippen molar-refractivity contribution in [1.82, 2.24) is 5.32 Å². The molecule has 2 unspecified atom stereocenters. The molecule has 0 heterocycles. The number of hydrogen-bond acceptors (Lipinski definition) is 1. The smallest absolute Gasteiger partial charge is 0.0438 e. The van der Waals surface area contributed by atoms with Crippen molar-refractivity contribution in [3.05, 3.63) is 34.9 Å². The second-order valence-electron chi connectivity index (χ2n) is 6.12. The second-order valence-corrected chi connectivity index (χ2v) is 6.53. The first-order chi connectivity index (χ1) is 10.2. The van der Waals surface area contributed by atoms with Gasteiger partial charge in [-0.3, -0.25) is 0 Å². The molecule has 1 N–H and O–H groups in total. The molecule has 1 rings (SSSR count). The van der Waals surface area contributed by atoms with E-state index in [1.54, 1.807) is 0 Å². The van der Waals surface area contributed by atoms with Crippen molar-refractivity contribution in [1.29, 1.82) is 0 Å². The van der Waals surface area contributed by atoms with Crippen LogP contribution in [0.2, 0.25) is 5.02 Å². The van der Waals surface area contributed by atoms with Gasteiger partial charge in [0.15, 0.2) is 0 Å². The van der Waals surface area contributed by atoms with Crippen LogP contribution in [0.3, 0.4) is 0 Å². The van der Waals surface area contributed by atoms with Crippen molar-refractivity contribution in [2.45, 2.75) is 59.3 Å². The zero-order chi connectivity index (χ0) is 15.5. The molecule has 2 atom stereocenters. The highest BCUT2D eigenvalue weighted by Crippen LogP contribution is 2.26. The lowest BCUT2D eigenvalue weighted by Gasteiger charge is -2.23. The van der Waals surface area contributed by atoms with Gasteiger partial charge in [0.25, 0.3) is 0 Å². The minimum Gasteiger partial charge on any atom is -0.317 e. The van der Waals surface area contributed by atoms with Crippen molar-refractivity contribution < 1.29 is 0 Å². The van der Waals surface area contributed by atoms with Gasteiger partial charge in [-0.1, -0.05) is 76.3 Å². The van der Waals surface area contributed by atoms with E-state index in [2.05, 4.69) is 38.2 Å². The maximum absolute atomic E-state index is 6.34. The quantitative estimate of drug-likeness (QED) is 0.551. The Bertz CT molecular complexity index is 378.